The summed E-state index contributed by atoms with van der Waals surface area (Å²) in [5.41, 5.74) is -4.89. The van der Waals surface area contributed by atoms with E-state index in [1.807, 2.05) is 180 Å². The lowest BCUT2D eigenvalue weighted by molar-refractivity contribution is -0.215. The van der Waals surface area contributed by atoms with Crippen LogP contribution in [0.5, 0.6) is 0 Å². The molecule has 0 heterocycles. The monoisotopic (exact) mass is 2060 g/mol. The number of esters is 12. The van der Waals surface area contributed by atoms with Gasteiger partial charge in [-0.05, 0) is 439 Å². The summed E-state index contributed by atoms with van der Waals surface area (Å²) >= 11 is 0. The van der Waals surface area contributed by atoms with E-state index in [9.17, 15) is 57.5 Å². The van der Waals surface area contributed by atoms with Crippen LogP contribution in [0.25, 0.3) is 0 Å². The van der Waals surface area contributed by atoms with Crippen LogP contribution in [-0.2, 0) is 133 Å². The maximum absolute atomic E-state index is 12.5. The molecule has 16 bridgehead atoms. The Bertz CT molecular complexity index is 3970. The molecule has 2 atom stereocenters. The molecule has 0 aromatic carbocycles. The molecule has 0 radical (unpaired) electrons. The van der Waals surface area contributed by atoms with Crippen LogP contribution in [-0.4, -0.2) is 174 Å². The van der Waals surface area contributed by atoms with Gasteiger partial charge >= 0.3 is 71.6 Å². The normalized spacial score (nSPS) is 29.0. The molecule has 145 heavy (non-hydrogen) atoms. The Labute approximate surface area is 874 Å². The predicted octanol–water partition coefficient (Wildman–Crippen LogP) is 24.7. The van der Waals surface area contributed by atoms with Gasteiger partial charge in [-0.3, -0.25) is 47.9 Å². The Morgan fingerprint density at radius 3 is 0.772 bits per heavy atom. The third kappa shape index (κ3) is 36.1. The summed E-state index contributed by atoms with van der Waals surface area (Å²) in [5.74, 6) is 7.83. The molecule has 16 aliphatic carbocycles. The highest BCUT2D eigenvalue weighted by Crippen LogP contribution is 2.64. The van der Waals surface area contributed by atoms with E-state index in [2.05, 4.69) is 32.4 Å². The number of hydrogen-bond acceptors (Lipinski definition) is 28. The number of ether oxygens (including phenoxy) is 16. The van der Waals surface area contributed by atoms with Gasteiger partial charge in [-0.1, -0.05) is 76.2 Å². The second-order valence-electron chi connectivity index (χ2n) is 49.9. The first-order chi connectivity index (χ1) is 67.5. The van der Waals surface area contributed by atoms with Crippen molar-refractivity contribution in [1.82, 2.24) is 0 Å². The van der Waals surface area contributed by atoms with Crippen LogP contribution in [0.3, 0.4) is 0 Å². The van der Waals surface area contributed by atoms with E-state index >= 15 is 0 Å². The largest absolute Gasteiger partial charge is 0.465 e. The summed E-state index contributed by atoms with van der Waals surface area (Å²) < 4.78 is 84.4. The Kier molecular flexibility index (Phi) is 50.4. The third-order valence-corrected chi connectivity index (χ3v) is 36.4. The fourth-order valence-corrected chi connectivity index (χ4v) is 23.6. The second-order valence-corrected chi connectivity index (χ2v) is 49.9. The van der Waals surface area contributed by atoms with Crippen molar-refractivity contribution in [2.24, 2.45) is 138 Å². The van der Waals surface area contributed by atoms with Crippen molar-refractivity contribution in [2.75, 3.05) is 67.4 Å². The molecule has 838 valence electrons. The summed E-state index contributed by atoms with van der Waals surface area (Å²) in [7, 11) is 3.00. The molecule has 0 amide bonds. The highest BCUT2D eigenvalue weighted by molar-refractivity contribution is 5.82. The van der Waals surface area contributed by atoms with E-state index in [-0.39, 0.29) is 147 Å². The topological polar surface area (TPSA) is 353 Å². The van der Waals surface area contributed by atoms with Gasteiger partial charge in [0.1, 0.15) is 35.6 Å². The molecule has 16 aliphatic rings. The number of methoxy groups -OCH3 is 2. The van der Waals surface area contributed by atoms with E-state index < -0.39 is 55.9 Å². The number of carbonyl (C=O) groups excluding carboxylic acids is 12. The fourth-order valence-electron chi connectivity index (χ4n) is 23.6. The lowest BCUT2D eigenvalue weighted by Gasteiger charge is -2.60. The van der Waals surface area contributed by atoms with E-state index in [0.29, 0.717) is 73.4 Å². The Hall–Kier alpha value is -6.52. The average molecular weight is 2060 g/mol. The van der Waals surface area contributed by atoms with E-state index in [1.165, 1.54) is 143 Å². The quantitative estimate of drug-likeness (QED) is 0.0237. The van der Waals surface area contributed by atoms with Gasteiger partial charge in [0.2, 0.25) is 0 Å². The molecule has 16 fully saturated rings. The van der Waals surface area contributed by atoms with Gasteiger partial charge in [0.05, 0.1) is 62.8 Å². The molecule has 0 N–H and O–H groups in total. The zero-order valence-electron chi connectivity index (χ0n) is 96.8. The molecule has 16 saturated carbocycles. The molecule has 0 spiro atoms. The highest BCUT2D eigenvalue weighted by Gasteiger charge is 2.63. The van der Waals surface area contributed by atoms with Crippen LogP contribution >= 0.6 is 0 Å². The van der Waals surface area contributed by atoms with Crippen molar-refractivity contribution in [3.63, 3.8) is 0 Å². The smallest absolute Gasteiger partial charge is 0.344 e. The summed E-state index contributed by atoms with van der Waals surface area (Å²) in [6, 6.07) is 0. The van der Waals surface area contributed by atoms with Crippen molar-refractivity contribution < 1.29 is 133 Å². The Balaban J connectivity index is 0.000000298. The van der Waals surface area contributed by atoms with Gasteiger partial charge < -0.3 is 75.8 Å². The molecule has 28 nitrogen and oxygen atoms in total. The summed E-state index contributed by atoms with van der Waals surface area (Å²) in [6.07, 6.45) is 33.0. The summed E-state index contributed by atoms with van der Waals surface area (Å²) in [6.45, 7) is 62.3. The summed E-state index contributed by atoms with van der Waals surface area (Å²) in [4.78, 5) is 143. The minimum atomic E-state index is -0.550. The van der Waals surface area contributed by atoms with Gasteiger partial charge in [-0.15, -0.1) is 0 Å². The molecule has 2 unspecified atom stereocenters. The molecule has 28 heteroatoms. The number of rotatable bonds is 43. The van der Waals surface area contributed by atoms with Crippen molar-refractivity contribution in [3.8, 4) is 0 Å². The first-order valence-electron chi connectivity index (χ1n) is 56.1. The first-order valence-corrected chi connectivity index (χ1v) is 56.1. The SMILES string of the molecule is CCC(C)(C)C(=O)OC(C)OC.CCC(C)(C)C(=O)OCC(=O)OC1(C)C2CC3CC(C2)CC1C3.CCC(C)(C)C(=O)OCC(=O)OC1(CC)C2CC3CC(C2)CC1C3.CCC(C)(C)C(=O)OCCC(=O)OC1(C)C2CC3CC(C2)CC1C3.CCC(C)(C)C(=O)OCCC(=O)OC1(CC)C2CC3CC(C2)CC1C3.CCC(C)(C)C(=O)OCOC.CCCOCOC(=O)C(C)(C)CC.CCOC(C)OC(=O)C(C)(C)CC. The van der Waals surface area contributed by atoms with Gasteiger partial charge in [-0.2, -0.15) is 0 Å². The van der Waals surface area contributed by atoms with E-state index in [1.54, 1.807) is 13.8 Å². The standard InChI is InChI=1S/C21H34O4.2C20H32O4.C19H30O4.2C10H20O3.C9H18O3.C8H16O3/c1-5-20(3,4)19(23)24-8-7-18(22)25-21(6-2)16-10-14-9-15(12-16)13-17(21)11-14;1-5-19(2,3)18(22)23-7-6-17(21)24-20(4)15-9-13-8-14(11-15)12-16(20)10-13;1-5-19(3,4)18(22)23-12-17(21)24-20(6-2)15-8-13-7-14(10-15)11-16(20)9-13;1-5-18(2,3)17(21)22-11-16(20)23-19(4)14-7-12-6-13(9-14)10-15(19)8-12;1-6-10(4,5)9(11)13-8(3)12-7-2;1-5-7-12-8-13-9(11)10(3,4)6-2;1-6-9(3,4)8(10)12-7(2)11-5;1-5-8(2,3)7(9)11-6-10-4/h14-17H,5-13H2,1-4H3;2*13-16H,5-12H2,1-4H3;12-15H,5-11H2,1-4H3;8H,6-7H2,1-5H3;5-8H2,1-4H3;7H,6H2,1-5H3;5-6H2,1-4H3. The molecule has 0 aromatic rings. The lowest BCUT2D eigenvalue weighted by Crippen LogP contribution is -2.59. The van der Waals surface area contributed by atoms with Gasteiger partial charge in [0.15, 0.2) is 39.4 Å². The molecular formula is C117H202O28. The third-order valence-electron chi connectivity index (χ3n) is 36.4. The second kappa shape index (κ2) is 56.7. The first kappa shape index (κ1) is 129. The van der Waals surface area contributed by atoms with Crippen molar-refractivity contribution in [3.05, 3.63) is 0 Å². The minimum Gasteiger partial charge on any atom is -0.465 e. The van der Waals surface area contributed by atoms with Crippen LogP contribution in [0.2, 0.25) is 0 Å². The Morgan fingerprint density at radius 1 is 0.276 bits per heavy atom. The van der Waals surface area contributed by atoms with Crippen LogP contribution < -0.4 is 0 Å². The molecule has 0 aliphatic heterocycles. The minimum absolute atomic E-state index is 0.0439. The number of hydrogen-bond donors (Lipinski definition) is 0. The fraction of sp³-hybridized carbons (Fsp3) is 0.897. The van der Waals surface area contributed by atoms with Gasteiger partial charge in [-0.25, -0.2) is 9.59 Å². The van der Waals surface area contributed by atoms with E-state index in [0.717, 1.165) is 105 Å². The highest BCUT2D eigenvalue weighted by atomic mass is 16.7. The maximum Gasteiger partial charge on any atom is 0.344 e. The maximum atomic E-state index is 12.5. The Morgan fingerprint density at radius 2 is 0.510 bits per heavy atom. The zero-order valence-corrected chi connectivity index (χ0v) is 96.8. The van der Waals surface area contributed by atoms with Gasteiger partial charge in [0, 0.05) is 20.8 Å². The lowest BCUT2D eigenvalue weighted by atomic mass is 9.49. The predicted molar refractivity (Wildman–Crippen MR) is 556 cm³/mol. The summed E-state index contributed by atoms with van der Waals surface area (Å²) in [5, 5.41) is 0. The zero-order chi connectivity index (χ0) is 110. The van der Waals surface area contributed by atoms with Gasteiger partial charge in [0.25, 0.3) is 0 Å². The van der Waals surface area contributed by atoms with Crippen molar-refractivity contribution in [2.45, 2.75) is 468 Å². The average Bonchev–Trinajstić information content (AvgIpc) is 0.732. The van der Waals surface area contributed by atoms with E-state index in [4.69, 9.17) is 71.1 Å². The molecule has 16 rings (SSSR count). The van der Waals surface area contributed by atoms with Crippen LogP contribution in [0.1, 0.15) is 433 Å². The molecule has 0 saturated heterocycles. The van der Waals surface area contributed by atoms with Crippen LogP contribution in [0.4, 0.5) is 0 Å². The van der Waals surface area contributed by atoms with Crippen LogP contribution in [0.15, 0.2) is 0 Å². The molecular weight excluding hydrogens is 1850 g/mol. The molecule has 0 aromatic heterocycles. The van der Waals surface area contributed by atoms with Crippen molar-refractivity contribution in [1.29, 1.82) is 0 Å². The van der Waals surface area contributed by atoms with Crippen LogP contribution in [0, 0.1) is 138 Å². The number of carbonyl (C=O) groups is 12. The van der Waals surface area contributed by atoms with Crippen molar-refractivity contribution >= 4 is 71.6 Å².